The maximum atomic E-state index is 11.4. The quantitative estimate of drug-likeness (QED) is 0.668. The zero-order chi connectivity index (χ0) is 11.2. The van der Waals surface area contributed by atoms with Gasteiger partial charge in [-0.25, -0.2) is 0 Å². The van der Waals surface area contributed by atoms with Crippen LogP contribution in [-0.4, -0.2) is 25.7 Å². The molecule has 0 aromatic heterocycles. The first-order valence-corrected chi connectivity index (χ1v) is 5.29. The van der Waals surface area contributed by atoms with E-state index in [2.05, 4.69) is 19.2 Å². The summed E-state index contributed by atoms with van der Waals surface area (Å²) in [7, 11) is 1.43. The Bertz CT molecular complexity index is 174. The highest BCUT2D eigenvalue weighted by Gasteiger charge is 2.28. The minimum Gasteiger partial charge on any atom is -0.469 e. The van der Waals surface area contributed by atoms with Gasteiger partial charge in [0, 0.05) is 12.6 Å². The Hall–Kier alpha value is -0.570. The monoisotopic (exact) mass is 201 g/mol. The zero-order valence-electron chi connectivity index (χ0n) is 10.0. The van der Waals surface area contributed by atoms with Crippen molar-refractivity contribution in [3.8, 4) is 0 Å². The third-order valence-corrected chi connectivity index (χ3v) is 2.56. The van der Waals surface area contributed by atoms with Crippen molar-refractivity contribution in [3.05, 3.63) is 0 Å². The molecule has 0 aromatic carbocycles. The minimum absolute atomic E-state index is 0.157. The van der Waals surface area contributed by atoms with Crippen LogP contribution in [0.25, 0.3) is 0 Å². The van der Waals surface area contributed by atoms with Crippen molar-refractivity contribution in [2.75, 3.05) is 13.7 Å². The average Bonchev–Trinajstić information content (AvgIpc) is 2.18. The Kier molecular flexibility index (Phi) is 5.77. The number of ether oxygens (including phenoxy) is 1. The molecule has 0 amide bonds. The number of methoxy groups -OCH3 is 1. The fourth-order valence-corrected chi connectivity index (χ4v) is 1.33. The number of carbonyl (C=O) groups excluding carboxylic acids is 1. The zero-order valence-corrected chi connectivity index (χ0v) is 10.0. The van der Waals surface area contributed by atoms with Crippen LogP contribution in [0.1, 0.15) is 40.5 Å². The maximum absolute atomic E-state index is 11.4. The van der Waals surface area contributed by atoms with Gasteiger partial charge in [0.15, 0.2) is 0 Å². The topological polar surface area (TPSA) is 38.3 Å². The summed E-state index contributed by atoms with van der Waals surface area (Å²) < 4.78 is 4.74. The summed E-state index contributed by atoms with van der Waals surface area (Å²) in [6.45, 7) is 8.76. The van der Waals surface area contributed by atoms with Crippen molar-refractivity contribution in [2.24, 2.45) is 5.41 Å². The molecular formula is C11H23NO2. The van der Waals surface area contributed by atoms with Gasteiger partial charge in [0.05, 0.1) is 12.5 Å². The summed E-state index contributed by atoms with van der Waals surface area (Å²) in [5.74, 6) is -0.157. The molecule has 0 aliphatic rings. The number of nitrogens with one attached hydrogen (secondary N) is 1. The van der Waals surface area contributed by atoms with E-state index in [1.54, 1.807) is 0 Å². The van der Waals surface area contributed by atoms with Gasteiger partial charge in [0.1, 0.15) is 0 Å². The van der Waals surface area contributed by atoms with Crippen LogP contribution in [0.3, 0.4) is 0 Å². The molecule has 0 spiro atoms. The van der Waals surface area contributed by atoms with E-state index in [1.807, 2.05) is 13.8 Å². The van der Waals surface area contributed by atoms with Crippen molar-refractivity contribution >= 4 is 5.97 Å². The van der Waals surface area contributed by atoms with E-state index in [0.717, 1.165) is 12.8 Å². The Labute approximate surface area is 87.2 Å². The molecule has 3 heteroatoms. The summed E-state index contributed by atoms with van der Waals surface area (Å²) >= 11 is 0. The first-order valence-electron chi connectivity index (χ1n) is 5.29. The predicted molar refractivity (Wildman–Crippen MR) is 58.2 cm³/mol. The molecule has 0 rings (SSSR count). The van der Waals surface area contributed by atoms with Crippen molar-refractivity contribution in [1.29, 1.82) is 0 Å². The Balaban J connectivity index is 4.03. The molecule has 0 fully saturated rings. The highest BCUT2D eigenvalue weighted by atomic mass is 16.5. The molecule has 3 nitrogen and oxygen atoms in total. The van der Waals surface area contributed by atoms with E-state index >= 15 is 0 Å². The molecular weight excluding hydrogens is 178 g/mol. The first kappa shape index (κ1) is 13.4. The fourth-order valence-electron chi connectivity index (χ4n) is 1.33. The van der Waals surface area contributed by atoms with Crippen LogP contribution in [0.2, 0.25) is 0 Å². The van der Waals surface area contributed by atoms with Gasteiger partial charge in [-0.05, 0) is 26.7 Å². The number of hydrogen-bond donors (Lipinski definition) is 1. The highest BCUT2D eigenvalue weighted by Crippen LogP contribution is 2.16. The van der Waals surface area contributed by atoms with Crippen LogP contribution in [0.5, 0.6) is 0 Å². The fraction of sp³-hybridized carbons (Fsp3) is 0.909. The van der Waals surface area contributed by atoms with E-state index in [1.165, 1.54) is 7.11 Å². The van der Waals surface area contributed by atoms with Crippen molar-refractivity contribution in [2.45, 2.75) is 46.6 Å². The van der Waals surface area contributed by atoms with Gasteiger partial charge in [-0.3, -0.25) is 4.79 Å². The van der Waals surface area contributed by atoms with Crippen molar-refractivity contribution < 1.29 is 9.53 Å². The van der Waals surface area contributed by atoms with Crippen LogP contribution in [0.4, 0.5) is 0 Å². The number of carbonyl (C=O) groups is 1. The molecule has 0 aliphatic carbocycles. The van der Waals surface area contributed by atoms with Gasteiger partial charge in [0.25, 0.3) is 0 Å². The lowest BCUT2D eigenvalue weighted by molar-refractivity contribution is -0.150. The minimum atomic E-state index is -0.433. The summed E-state index contributed by atoms with van der Waals surface area (Å²) in [5, 5.41) is 3.37. The van der Waals surface area contributed by atoms with Gasteiger partial charge >= 0.3 is 5.97 Å². The molecule has 0 unspecified atom stereocenters. The molecule has 0 atom stereocenters. The van der Waals surface area contributed by atoms with E-state index in [4.69, 9.17) is 4.74 Å². The summed E-state index contributed by atoms with van der Waals surface area (Å²) in [4.78, 5) is 11.4. The van der Waals surface area contributed by atoms with Gasteiger partial charge in [-0.1, -0.05) is 13.8 Å². The molecule has 84 valence electrons. The van der Waals surface area contributed by atoms with Gasteiger partial charge < -0.3 is 10.1 Å². The first-order chi connectivity index (χ1) is 6.47. The highest BCUT2D eigenvalue weighted by molar-refractivity contribution is 5.76. The smallest absolute Gasteiger partial charge is 0.312 e. The molecule has 0 heterocycles. The Morgan fingerprint density at radius 3 is 2.21 bits per heavy atom. The van der Waals surface area contributed by atoms with E-state index in [9.17, 15) is 4.79 Å². The third-order valence-electron chi connectivity index (χ3n) is 2.56. The molecule has 0 radical (unpaired) electrons. The van der Waals surface area contributed by atoms with Crippen molar-refractivity contribution in [1.82, 2.24) is 5.32 Å². The van der Waals surface area contributed by atoms with Crippen molar-refractivity contribution in [3.63, 3.8) is 0 Å². The third kappa shape index (κ3) is 4.09. The van der Waals surface area contributed by atoms with E-state index in [-0.39, 0.29) is 5.97 Å². The molecule has 0 aromatic rings. The number of esters is 1. The van der Waals surface area contributed by atoms with Crippen LogP contribution in [0.15, 0.2) is 0 Å². The number of rotatable bonds is 6. The summed E-state index contributed by atoms with van der Waals surface area (Å²) in [6, 6.07) is 0.499. The Morgan fingerprint density at radius 1 is 1.36 bits per heavy atom. The molecule has 0 saturated heterocycles. The molecule has 0 saturated carbocycles. The van der Waals surface area contributed by atoms with Crippen LogP contribution in [-0.2, 0) is 9.53 Å². The van der Waals surface area contributed by atoms with Gasteiger partial charge in [0.2, 0.25) is 0 Å². The second kappa shape index (κ2) is 6.02. The molecule has 1 N–H and O–H groups in total. The normalized spacial score (nSPS) is 11.9. The lowest BCUT2D eigenvalue weighted by atomic mass is 9.93. The largest absolute Gasteiger partial charge is 0.469 e. The predicted octanol–water partition coefficient (Wildman–Crippen LogP) is 1.96. The van der Waals surface area contributed by atoms with Crippen LogP contribution < -0.4 is 5.32 Å². The maximum Gasteiger partial charge on any atom is 0.312 e. The lowest BCUT2D eigenvalue weighted by Crippen LogP contribution is -2.41. The average molecular weight is 201 g/mol. The van der Waals surface area contributed by atoms with Gasteiger partial charge in [-0.2, -0.15) is 0 Å². The van der Waals surface area contributed by atoms with Crippen LogP contribution in [0, 0.1) is 5.41 Å². The number of hydrogen-bond acceptors (Lipinski definition) is 3. The molecule has 14 heavy (non-hydrogen) atoms. The molecule has 0 aliphatic heterocycles. The SMILES string of the molecule is CCC(CC)NCC(C)(C)C(=O)OC. The second-order valence-corrected chi connectivity index (χ2v) is 4.27. The van der Waals surface area contributed by atoms with E-state index in [0.29, 0.717) is 12.6 Å². The Morgan fingerprint density at radius 2 is 1.86 bits per heavy atom. The lowest BCUT2D eigenvalue weighted by Gasteiger charge is -2.25. The van der Waals surface area contributed by atoms with E-state index < -0.39 is 5.41 Å². The van der Waals surface area contributed by atoms with Gasteiger partial charge in [-0.15, -0.1) is 0 Å². The summed E-state index contributed by atoms with van der Waals surface area (Å²) in [5.41, 5.74) is -0.433. The standard InChI is InChI=1S/C11H23NO2/c1-6-9(7-2)12-8-11(3,4)10(13)14-5/h9,12H,6-8H2,1-5H3. The second-order valence-electron chi connectivity index (χ2n) is 4.27. The molecule has 0 bridgehead atoms. The van der Waals surface area contributed by atoms with Crippen LogP contribution >= 0.6 is 0 Å². The summed E-state index contributed by atoms with van der Waals surface area (Å²) in [6.07, 6.45) is 2.18.